The van der Waals surface area contributed by atoms with Crippen molar-refractivity contribution in [3.05, 3.63) is 50.9 Å². The first-order chi connectivity index (χ1) is 13.9. The lowest BCUT2D eigenvalue weighted by Crippen LogP contribution is -2.24. The Morgan fingerprint density at radius 2 is 1.76 bits per heavy atom. The molecule has 9 heteroatoms. The predicted octanol–water partition coefficient (Wildman–Crippen LogP) is 4.49. The summed E-state index contributed by atoms with van der Waals surface area (Å²) in [6.07, 6.45) is 1.11. The van der Waals surface area contributed by atoms with Gasteiger partial charge in [-0.3, -0.25) is 9.59 Å². The molecule has 29 heavy (non-hydrogen) atoms. The van der Waals surface area contributed by atoms with Crippen molar-refractivity contribution in [3.8, 4) is 11.5 Å². The molecule has 0 aliphatic heterocycles. The minimum atomic E-state index is -0.527. The van der Waals surface area contributed by atoms with E-state index in [-0.39, 0.29) is 6.42 Å². The van der Waals surface area contributed by atoms with Crippen LogP contribution in [0.2, 0.25) is 0 Å². The van der Waals surface area contributed by atoms with Gasteiger partial charge in [0.05, 0.1) is 29.6 Å². The third-order valence-electron chi connectivity index (χ3n) is 3.49. The van der Waals surface area contributed by atoms with Gasteiger partial charge in [0.2, 0.25) is 11.8 Å². The van der Waals surface area contributed by atoms with Gasteiger partial charge in [-0.05, 0) is 75.5 Å². The summed E-state index contributed by atoms with van der Waals surface area (Å²) in [6, 6.07) is 10.7. The van der Waals surface area contributed by atoms with Crippen LogP contribution in [0.3, 0.4) is 0 Å². The van der Waals surface area contributed by atoms with E-state index >= 15 is 0 Å². The molecule has 2 rings (SSSR count). The van der Waals surface area contributed by atoms with Crippen molar-refractivity contribution in [1.82, 2.24) is 5.43 Å². The highest BCUT2D eigenvalue weighted by Crippen LogP contribution is 2.36. The van der Waals surface area contributed by atoms with Gasteiger partial charge in [-0.15, -0.1) is 0 Å². The number of hydrazone groups is 1. The number of halogens is 2. The van der Waals surface area contributed by atoms with Crippen LogP contribution >= 0.6 is 31.9 Å². The van der Waals surface area contributed by atoms with Gasteiger partial charge in [0, 0.05) is 4.47 Å². The van der Waals surface area contributed by atoms with Gasteiger partial charge in [0.1, 0.15) is 6.42 Å². The molecule has 0 aromatic heterocycles. The number of benzene rings is 2. The second kappa shape index (κ2) is 11.6. The SMILES string of the molecule is CCOc1cc(C=NNC(=O)CC(=O)Nc2ccccc2Br)cc(Br)c1OCC. The van der Waals surface area contributed by atoms with Crippen LogP contribution in [0.4, 0.5) is 5.69 Å². The Bertz CT molecular complexity index is 903. The second-order valence-corrected chi connectivity index (χ2v) is 7.40. The maximum Gasteiger partial charge on any atom is 0.249 e. The summed E-state index contributed by atoms with van der Waals surface area (Å²) in [5.74, 6) is 0.219. The van der Waals surface area contributed by atoms with Crippen molar-refractivity contribution < 1.29 is 19.1 Å². The first-order valence-corrected chi connectivity index (χ1v) is 10.5. The highest BCUT2D eigenvalue weighted by atomic mass is 79.9. The summed E-state index contributed by atoms with van der Waals surface area (Å²) in [5, 5.41) is 6.57. The maximum atomic E-state index is 12.0. The number of anilines is 1. The molecule has 0 radical (unpaired) electrons. The lowest BCUT2D eigenvalue weighted by Gasteiger charge is -2.13. The fraction of sp³-hybridized carbons (Fsp3) is 0.250. The van der Waals surface area contributed by atoms with Crippen LogP contribution in [0.5, 0.6) is 11.5 Å². The van der Waals surface area contributed by atoms with E-state index in [2.05, 4.69) is 47.7 Å². The zero-order valence-electron chi connectivity index (χ0n) is 16.0. The normalized spacial score (nSPS) is 10.6. The molecule has 0 aliphatic rings. The third kappa shape index (κ3) is 7.17. The molecule has 0 atom stereocenters. The van der Waals surface area contributed by atoms with Crippen molar-refractivity contribution in [2.45, 2.75) is 20.3 Å². The van der Waals surface area contributed by atoms with Crippen LogP contribution in [0.25, 0.3) is 0 Å². The molecule has 2 aromatic rings. The van der Waals surface area contributed by atoms with E-state index in [0.29, 0.717) is 40.4 Å². The molecule has 0 bridgehead atoms. The number of para-hydroxylation sites is 1. The van der Waals surface area contributed by atoms with Crippen LogP contribution in [0.1, 0.15) is 25.8 Å². The highest BCUT2D eigenvalue weighted by molar-refractivity contribution is 9.11. The number of rotatable bonds is 9. The summed E-state index contributed by atoms with van der Waals surface area (Å²) >= 11 is 6.78. The minimum Gasteiger partial charge on any atom is -0.490 e. The van der Waals surface area contributed by atoms with E-state index in [4.69, 9.17) is 9.47 Å². The molecule has 0 saturated carbocycles. The number of carbonyl (C=O) groups excluding carboxylic acids is 2. The number of carbonyl (C=O) groups is 2. The summed E-state index contributed by atoms with van der Waals surface area (Å²) < 4.78 is 12.6. The Labute approximate surface area is 186 Å². The summed E-state index contributed by atoms with van der Waals surface area (Å²) in [7, 11) is 0. The van der Waals surface area contributed by atoms with E-state index in [9.17, 15) is 9.59 Å². The van der Waals surface area contributed by atoms with Gasteiger partial charge in [-0.1, -0.05) is 12.1 Å². The summed E-state index contributed by atoms with van der Waals surface area (Å²) in [6.45, 7) is 4.75. The zero-order valence-corrected chi connectivity index (χ0v) is 19.2. The molecule has 0 spiro atoms. The van der Waals surface area contributed by atoms with Gasteiger partial charge in [0.15, 0.2) is 11.5 Å². The molecule has 0 heterocycles. The molecule has 2 aromatic carbocycles. The fourth-order valence-electron chi connectivity index (χ4n) is 2.33. The van der Waals surface area contributed by atoms with Gasteiger partial charge in [0.25, 0.3) is 0 Å². The standard InChI is InChI=1S/C20H21Br2N3O4/c1-3-28-17-10-13(9-15(22)20(17)29-4-2)12-23-25-19(27)11-18(26)24-16-8-6-5-7-14(16)21/h5-10,12H,3-4,11H2,1-2H3,(H,24,26)(H,25,27). The Morgan fingerprint density at radius 1 is 1.03 bits per heavy atom. The monoisotopic (exact) mass is 525 g/mol. The van der Waals surface area contributed by atoms with Crippen LogP contribution < -0.4 is 20.2 Å². The van der Waals surface area contributed by atoms with E-state index in [1.165, 1.54) is 6.21 Å². The van der Waals surface area contributed by atoms with Crippen molar-refractivity contribution in [3.63, 3.8) is 0 Å². The maximum absolute atomic E-state index is 12.0. The summed E-state index contributed by atoms with van der Waals surface area (Å²) in [4.78, 5) is 23.9. The van der Waals surface area contributed by atoms with Gasteiger partial charge in [-0.2, -0.15) is 5.10 Å². The lowest BCUT2D eigenvalue weighted by molar-refractivity contribution is -0.126. The number of amides is 2. The Balaban J connectivity index is 1.95. The predicted molar refractivity (Wildman–Crippen MR) is 120 cm³/mol. The zero-order chi connectivity index (χ0) is 21.2. The smallest absolute Gasteiger partial charge is 0.249 e. The Morgan fingerprint density at radius 3 is 2.45 bits per heavy atom. The molecule has 0 fully saturated rings. The molecule has 0 unspecified atom stereocenters. The number of nitrogens with zero attached hydrogens (tertiary/aromatic N) is 1. The van der Waals surface area contributed by atoms with Crippen LogP contribution in [0.15, 0.2) is 50.4 Å². The van der Waals surface area contributed by atoms with E-state index in [1.807, 2.05) is 19.9 Å². The first-order valence-electron chi connectivity index (χ1n) is 8.90. The first kappa shape index (κ1) is 22.9. The van der Waals surface area contributed by atoms with Crippen LogP contribution in [-0.2, 0) is 9.59 Å². The van der Waals surface area contributed by atoms with Gasteiger partial charge >= 0.3 is 0 Å². The molecule has 154 valence electrons. The van der Waals surface area contributed by atoms with Crippen molar-refractivity contribution >= 4 is 55.6 Å². The van der Waals surface area contributed by atoms with Gasteiger partial charge < -0.3 is 14.8 Å². The molecular weight excluding hydrogens is 506 g/mol. The third-order valence-corrected chi connectivity index (χ3v) is 4.77. The number of ether oxygens (including phenoxy) is 2. The lowest BCUT2D eigenvalue weighted by atomic mass is 10.2. The van der Waals surface area contributed by atoms with E-state index < -0.39 is 11.8 Å². The number of hydrogen-bond acceptors (Lipinski definition) is 5. The topological polar surface area (TPSA) is 89.0 Å². The fourth-order valence-corrected chi connectivity index (χ4v) is 3.29. The largest absolute Gasteiger partial charge is 0.490 e. The molecule has 7 nitrogen and oxygen atoms in total. The van der Waals surface area contributed by atoms with Gasteiger partial charge in [-0.25, -0.2) is 5.43 Å². The van der Waals surface area contributed by atoms with Crippen molar-refractivity contribution in [2.75, 3.05) is 18.5 Å². The molecular formula is C20H21Br2N3O4. The van der Waals surface area contributed by atoms with Crippen LogP contribution in [0, 0.1) is 0 Å². The van der Waals surface area contributed by atoms with Crippen molar-refractivity contribution in [2.24, 2.45) is 5.10 Å². The van der Waals surface area contributed by atoms with Crippen molar-refractivity contribution in [1.29, 1.82) is 0 Å². The molecule has 2 N–H and O–H groups in total. The highest BCUT2D eigenvalue weighted by Gasteiger charge is 2.12. The number of nitrogens with one attached hydrogen (secondary N) is 2. The average molecular weight is 527 g/mol. The van der Waals surface area contributed by atoms with E-state index in [1.54, 1.807) is 30.3 Å². The van der Waals surface area contributed by atoms with E-state index in [0.717, 1.165) is 4.47 Å². The molecule has 0 saturated heterocycles. The molecule has 0 aliphatic carbocycles. The van der Waals surface area contributed by atoms with Crippen LogP contribution in [-0.4, -0.2) is 31.2 Å². The molecule has 2 amide bonds. The summed E-state index contributed by atoms with van der Waals surface area (Å²) in [5.41, 5.74) is 3.63. The quantitative estimate of drug-likeness (QED) is 0.286. The Hall–Kier alpha value is -2.39. The second-order valence-electron chi connectivity index (χ2n) is 5.69. The Kier molecular flexibility index (Phi) is 9.14. The average Bonchev–Trinajstić information content (AvgIpc) is 2.66. The minimum absolute atomic E-state index is 0.351. The number of hydrogen-bond donors (Lipinski definition) is 2.